The van der Waals surface area contributed by atoms with Crippen molar-refractivity contribution >= 4 is 11.9 Å². The van der Waals surface area contributed by atoms with Crippen LogP contribution in [0.5, 0.6) is 0 Å². The zero-order valence-electron chi connectivity index (χ0n) is 13.2. The average molecular weight is 346 g/mol. The third-order valence-electron chi connectivity index (χ3n) is 0.682. The van der Waals surface area contributed by atoms with Gasteiger partial charge >= 0.3 is 21.7 Å². The number of aliphatic carboxylic acids is 2. The maximum atomic E-state index is 9.34. The van der Waals surface area contributed by atoms with Crippen LogP contribution in [0.25, 0.3) is 0 Å². The van der Waals surface area contributed by atoms with Gasteiger partial charge < -0.3 is 40.2 Å². The van der Waals surface area contributed by atoms with Crippen molar-refractivity contribution in [3.63, 3.8) is 0 Å². The van der Waals surface area contributed by atoms with E-state index in [2.05, 4.69) is 0 Å². The van der Waals surface area contributed by atoms with Gasteiger partial charge in [0.1, 0.15) is 0 Å². The molecule has 0 amide bonds. The zero-order valence-corrected chi connectivity index (χ0v) is 14.8. The van der Waals surface area contributed by atoms with Crippen LogP contribution in [0.4, 0.5) is 0 Å². The topological polar surface area (TPSA) is 161 Å². The van der Waals surface area contributed by atoms with Crippen LogP contribution in [-0.4, -0.2) is 56.8 Å². The van der Waals surface area contributed by atoms with Crippen LogP contribution in [0.2, 0.25) is 0 Å². The SMILES string of the molecule is CC(C)O.CC(C)O.CC(O)C(=O)[O-].CC(O)C(=O)[O-].[Ti+2]. The van der Waals surface area contributed by atoms with Gasteiger partial charge in [-0.25, -0.2) is 0 Å². The number of carboxylic acid groups (broad SMARTS) is 2. The molecule has 0 aromatic heterocycles. The molecule has 2 atom stereocenters. The van der Waals surface area contributed by atoms with Crippen LogP contribution in [0.3, 0.4) is 0 Å². The molecule has 0 saturated heterocycles. The van der Waals surface area contributed by atoms with E-state index in [4.69, 9.17) is 20.4 Å². The van der Waals surface area contributed by atoms with E-state index in [0.29, 0.717) is 0 Å². The molecule has 126 valence electrons. The monoisotopic (exact) mass is 346 g/mol. The number of aliphatic hydroxyl groups is 4. The van der Waals surface area contributed by atoms with Gasteiger partial charge in [0.25, 0.3) is 0 Å². The molecular formula is C12H26O8Ti. The van der Waals surface area contributed by atoms with Gasteiger partial charge in [0, 0.05) is 12.2 Å². The molecule has 0 rings (SSSR count). The molecule has 0 radical (unpaired) electrons. The van der Waals surface area contributed by atoms with Crippen molar-refractivity contribution in [2.45, 2.75) is 66.0 Å². The Labute approximate surface area is 140 Å². The van der Waals surface area contributed by atoms with Crippen LogP contribution in [-0.2, 0) is 31.3 Å². The van der Waals surface area contributed by atoms with Gasteiger partial charge in [0.15, 0.2) is 0 Å². The molecule has 0 spiro atoms. The van der Waals surface area contributed by atoms with E-state index in [1.165, 1.54) is 0 Å². The first-order valence-corrected chi connectivity index (χ1v) is 5.89. The first-order valence-electron chi connectivity index (χ1n) is 5.89. The first-order chi connectivity index (χ1) is 8.75. The zero-order chi connectivity index (χ0) is 17.5. The third kappa shape index (κ3) is 106. The summed E-state index contributed by atoms with van der Waals surface area (Å²) in [5, 5.41) is 50.7. The molecule has 0 bridgehead atoms. The summed E-state index contributed by atoms with van der Waals surface area (Å²) in [4.78, 5) is 18.7. The first kappa shape index (κ1) is 32.4. The summed E-state index contributed by atoms with van der Waals surface area (Å²) in [6.45, 7) is 9.16. The van der Waals surface area contributed by atoms with Crippen molar-refractivity contribution in [2.75, 3.05) is 0 Å². The molecule has 0 saturated carbocycles. The van der Waals surface area contributed by atoms with E-state index in [-0.39, 0.29) is 33.9 Å². The fourth-order valence-electron chi connectivity index (χ4n) is 0. The van der Waals surface area contributed by atoms with Crippen LogP contribution in [0.15, 0.2) is 0 Å². The number of carboxylic acids is 2. The predicted molar refractivity (Wildman–Crippen MR) is 68.1 cm³/mol. The summed E-state index contributed by atoms with van der Waals surface area (Å²) in [6.07, 6.45) is -3.02. The summed E-state index contributed by atoms with van der Waals surface area (Å²) >= 11 is 0. The van der Waals surface area contributed by atoms with Gasteiger partial charge in [-0.05, 0) is 41.5 Å². The molecule has 0 aliphatic carbocycles. The Morgan fingerprint density at radius 3 is 0.714 bits per heavy atom. The van der Waals surface area contributed by atoms with Gasteiger partial charge in [0.05, 0.1) is 24.1 Å². The molecule has 4 N–H and O–H groups in total. The molecule has 0 aromatic carbocycles. The van der Waals surface area contributed by atoms with Crippen LogP contribution >= 0.6 is 0 Å². The average Bonchev–Trinajstić information content (AvgIpc) is 2.15. The maximum Gasteiger partial charge on any atom is 2.00 e. The smallest absolute Gasteiger partial charge is 0.547 e. The summed E-state index contributed by atoms with van der Waals surface area (Å²) in [5.74, 6) is -2.87. The van der Waals surface area contributed by atoms with Crippen molar-refractivity contribution in [1.29, 1.82) is 0 Å². The summed E-state index contributed by atoms with van der Waals surface area (Å²) in [6, 6.07) is 0. The minimum atomic E-state index is -1.44. The predicted octanol–water partition coefficient (Wildman–Crippen LogP) is -2.99. The van der Waals surface area contributed by atoms with Gasteiger partial charge in [0.2, 0.25) is 0 Å². The van der Waals surface area contributed by atoms with Crippen molar-refractivity contribution in [3.8, 4) is 0 Å². The Bertz CT molecular complexity index is 200. The number of aliphatic hydroxyl groups excluding tert-OH is 4. The number of hydrogen-bond acceptors (Lipinski definition) is 8. The third-order valence-corrected chi connectivity index (χ3v) is 0.682. The number of hydrogen-bond donors (Lipinski definition) is 4. The van der Waals surface area contributed by atoms with Gasteiger partial charge in [-0.3, -0.25) is 0 Å². The van der Waals surface area contributed by atoms with Gasteiger partial charge in [-0.15, -0.1) is 0 Å². The van der Waals surface area contributed by atoms with Crippen LogP contribution < -0.4 is 10.2 Å². The van der Waals surface area contributed by atoms with Gasteiger partial charge in [-0.2, -0.15) is 0 Å². The van der Waals surface area contributed by atoms with Crippen molar-refractivity contribution in [3.05, 3.63) is 0 Å². The minimum Gasteiger partial charge on any atom is -0.547 e. The molecule has 0 aliphatic rings. The minimum absolute atomic E-state index is 0. The standard InChI is InChI=1S/2C3H6O3.2C3H8O.Ti/c2*1-2(4)3(5)6;2*1-3(2)4;/h2*2,4H,1H3,(H,5,6);2*3-4H,1-2H3;/q;;;;+2/p-2. The Balaban J connectivity index is -0.0000000544. The second kappa shape index (κ2) is 21.8. The second-order valence-corrected chi connectivity index (χ2v) is 4.18. The molecule has 8 nitrogen and oxygen atoms in total. The Morgan fingerprint density at radius 1 is 0.667 bits per heavy atom. The van der Waals surface area contributed by atoms with E-state index in [0.717, 1.165) is 13.8 Å². The van der Waals surface area contributed by atoms with Crippen LogP contribution in [0.1, 0.15) is 41.5 Å². The van der Waals surface area contributed by atoms with Crippen molar-refractivity contribution in [1.82, 2.24) is 0 Å². The molecule has 9 heteroatoms. The van der Waals surface area contributed by atoms with Crippen molar-refractivity contribution in [2.24, 2.45) is 0 Å². The van der Waals surface area contributed by atoms with E-state index in [1.54, 1.807) is 27.7 Å². The number of carbonyl (C=O) groups is 2. The summed E-state index contributed by atoms with van der Waals surface area (Å²) in [7, 11) is 0. The fraction of sp³-hybridized carbons (Fsp3) is 0.833. The molecule has 21 heavy (non-hydrogen) atoms. The second-order valence-electron chi connectivity index (χ2n) is 4.18. The molecule has 0 aliphatic heterocycles. The summed E-state index contributed by atoms with van der Waals surface area (Å²) < 4.78 is 0. The quantitative estimate of drug-likeness (QED) is 0.385. The van der Waals surface area contributed by atoms with E-state index in [1.807, 2.05) is 0 Å². The van der Waals surface area contributed by atoms with Crippen LogP contribution in [0, 0.1) is 0 Å². The fourth-order valence-corrected chi connectivity index (χ4v) is 0. The molecule has 0 aromatic rings. The van der Waals surface area contributed by atoms with E-state index in [9.17, 15) is 19.8 Å². The normalized spacial score (nSPS) is 11.2. The summed E-state index contributed by atoms with van der Waals surface area (Å²) in [5.41, 5.74) is 0. The molecule has 0 fully saturated rings. The Kier molecular flexibility index (Phi) is 33.7. The van der Waals surface area contributed by atoms with E-state index >= 15 is 0 Å². The number of rotatable bonds is 2. The maximum absolute atomic E-state index is 9.34. The number of carbonyl (C=O) groups excluding carboxylic acids is 2. The molecular weight excluding hydrogens is 320 g/mol. The van der Waals surface area contributed by atoms with Crippen molar-refractivity contribution < 1.29 is 61.9 Å². The molecule has 0 heterocycles. The van der Waals surface area contributed by atoms with Gasteiger partial charge in [-0.1, -0.05) is 0 Å². The Morgan fingerprint density at radius 2 is 0.714 bits per heavy atom. The Hall–Kier alpha value is -0.506. The van der Waals surface area contributed by atoms with E-state index < -0.39 is 24.1 Å². The largest absolute Gasteiger partial charge is 2.00 e. The molecule has 2 unspecified atom stereocenters.